The number of aliphatic imine (C=N–C) groups is 2. The minimum absolute atomic E-state index is 0. The second-order valence-electron chi connectivity index (χ2n) is 13.5. The van der Waals surface area contributed by atoms with Crippen molar-refractivity contribution in [3.63, 3.8) is 0 Å². The van der Waals surface area contributed by atoms with Gasteiger partial charge in [0.1, 0.15) is 0 Å². The summed E-state index contributed by atoms with van der Waals surface area (Å²) in [6.07, 6.45) is 31.7. The topological polar surface area (TPSA) is 24.7 Å². The molecule has 0 aliphatic heterocycles. The van der Waals surface area contributed by atoms with Crippen molar-refractivity contribution in [1.82, 2.24) is 0 Å². The molecule has 0 aliphatic rings. The molecule has 0 saturated carbocycles. The molecule has 0 heterocycles. The van der Waals surface area contributed by atoms with Crippen LogP contribution in [0.25, 0.3) is 0 Å². The van der Waals surface area contributed by atoms with E-state index in [1.807, 2.05) is 0 Å². The number of hydrogen-bond donors (Lipinski definition) is 0. The minimum atomic E-state index is 0. The molecule has 3 heteroatoms. The van der Waals surface area contributed by atoms with E-state index in [4.69, 9.17) is 9.98 Å². The standard InChI is InChI=1S/C44H70N2.Pd/c1-7-13-18-19-20-21-22-23-24-25-30-44(46-42-35-39(28-16-10-4)32-40(36-42)29-17-11-5)43(12-6)45-41-33-37(26-14-8-2)31-38(34-41)27-15-9-3;/h25,30-36H,7-24,26-29H2,1-6H3;. The van der Waals surface area contributed by atoms with Crippen molar-refractivity contribution in [2.24, 2.45) is 9.98 Å². The van der Waals surface area contributed by atoms with Crippen LogP contribution >= 0.6 is 0 Å². The van der Waals surface area contributed by atoms with Gasteiger partial charge in [-0.3, -0.25) is 4.99 Å². The minimum Gasteiger partial charge on any atom is -0.251 e. The Morgan fingerprint density at radius 1 is 0.468 bits per heavy atom. The van der Waals surface area contributed by atoms with Gasteiger partial charge in [0, 0.05) is 20.4 Å². The first-order chi connectivity index (χ1) is 22.6. The predicted octanol–water partition coefficient (Wildman–Crippen LogP) is 14.4. The van der Waals surface area contributed by atoms with Crippen molar-refractivity contribution in [3.8, 4) is 0 Å². The summed E-state index contributed by atoms with van der Waals surface area (Å²) in [7, 11) is 0. The second kappa shape index (κ2) is 28.1. The molecular weight excluding hydrogens is 663 g/mol. The van der Waals surface area contributed by atoms with E-state index in [1.54, 1.807) is 0 Å². The fourth-order valence-corrected chi connectivity index (χ4v) is 6.12. The Hall–Kier alpha value is -1.82. The third-order valence-electron chi connectivity index (χ3n) is 8.99. The van der Waals surface area contributed by atoms with Crippen molar-refractivity contribution in [2.45, 2.75) is 183 Å². The number of unbranched alkanes of at least 4 members (excludes halogenated alkanes) is 12. The maximum Gasteiger partial charge on any atom is 0.0848 e. The van der Waals surface area contributed by atoms with Crippen molar-refractivity contribution in [2.75, 3.05) is 0 Å². The van der Waals surface area contributed by atoms with Gasteiger partial charge in [-0.05, 0) is 123 Å². The fraction of sp³-hybridized carbons (Fsp3) is 0.636. The van der Waals surface area contributed by atoms with Crippen LogP contribution in [0, 0.1) is 0 Å². The molecule has 2 aromatic rings. The first-order valence-corrected chi connectivity index (χ1v) is 19.6. The fourth-order valence-electron chi connectivity index (χ4n) is 6.12. The van der Waals surface area contributed by atoms with E-state index in [0.29, 0.717) is 0 Å². The van der Waals surface area contributed by atoms with Crippen LogP contribution in [0.3, 0.4) is 0 Å². The molecule has 0 fully saturated rings. The van der Waals surface area contributed by atoms with Crippen LogP contribution in [-0.4, -0.2) is 11.4 Å². The third-order valence-corrected chi connectivity index (χ3v) is 8.99. The number of nitrogens with zero attached hydrogens (tertiary/aromatic N) is 2. The average molecular weight is 733 g/mol. The molecule has 2 aromatic carbocycles. The Balaban J connectivity index is 0.0000110. The summed E-state index contributed by atoms with van der Waals surface area (Å²) >= 11 is 0. The van der Waals surface area contributed by atoms with Gasteiger partial charge in [0.25, 0.3) is 0 Å². The molecule has 47 heavy (non-hydrogen) atoms. The van der Waals surface area contributed by atoms with Gasteiger partial charge in [-0.15, -0.1) is 0 Å². The number of benzene rings is 2. The van der Waals surface area contributed by atoms with Gasteiger partial charge in [0.15, 0.2) is 0 Å². The first-order valence-electron chi connectivity index (χ1n) is 19.6. The van der Waals surface area contributed by atoms with Gasteiger partial charge in [0.05, 0.1) is 22.8 Å². The van der Waals surface area contributed by atoms with Gasteiger partial charge in [-0.1, -0.05) is 130 Å². The van der Waals surface area contributed by atoms with Crippen molar-refractivity contribution < 1.29 is 20.4 Å². The van der Waals surface area contributed by atoms with Gasteiger partial charge in [-0.2, -0.15) is 0 Å². The van der Waals surface area contributed by atoms with Crippen LogP contribution in [0.1, 0.15) is 179 Å². The predicted molar refractivity (Wildman–Crippen MR) is 208 cm³/mol. The molecule has 0 aromatic heterocycles. The third kappa shape index (κ3) is 19.1. The zero-order valence-electron chi connectivity index (χ0n) is 31.4. The summed E-state index contributed by atoms with van der Waals surface area (Å²) in [6.45, 7) is 13.7. The van der Waals surface area contributed by atoms with E-state index < -0.39 is 0 Å². The molecule has 0 N–H and O–H groups in total. The summed E-state index contributed by atoms with van der Waals surface area (Å²) in [5.74, 6) is 0. The number of hydrogen-bond acceptors (Lipinski definition) is 2. The van der Waals surface area contributed by atoms with Gasteiger partial charge >= 0.3 is 0 Å². The Labute approximate surface area is 305 Å². The van der Waals surface area contributed by atoms with E-state index in [0.717, 1.165) is 61.3 Å². The summed E-state index contributed by atoms with van der Waals surface area (Å²) in [4.78, 5) is 10.7. The molecule has 2 nitrogen and oxygen atoms in total. The molecule has 0 bridgehead atoms. The van der Waals surface area contributed by atoms with Crippen LogP contribution in [0.5, 0.6) is 0 Å². The average Bonchev–Trinajstić information content (AvgIpc) is 3.07. The summed E-state index contributed by atoms with van der Waals surface area (Å²) in [5.41, 5.74) is 10.0. The quantitative estimate of drug-likeness (QED) is 0.0523. The Bertz CT molecular complexity index is 1120. The van der Waals surface area contributed by atoms with Gasteiger partial charge in [-0.25, -0.2) is 4.99 Å². The number of rotatable bonds is 26. The van der Waals surface area contributed by atoms with Crippen molar-refractivity contribution >= 4 is 22.8 Å². The molecule has 266 valence electrons. The summed E-state index contributed by atoms with van der Waals surface area (Å²) in [6, 6.07) is 14.2. The maximum absolute atomic E-state index is 5.38. The largest absolute Gasteiger partial charge is 0.251 e. The van der Waals surface area contributed by atoms with Crippen molar-refractivity contribution in [1.29, 1.82) is 0 Å². The van der Waals surface area contributed by atoms with E-state index >= 15 is 0 Å². The molecule has 0 unspecified atom stereocenters. The van der Waals surface area contributed by atoms with E-state index in [-0.39, 0.29) is 20.4 Å². The molecule has 0 atom stereocenters. The van der Waals surface area contributed by atoms with Crippen LogP contribution in [0.4, 0.5) is 11.4 Å². The van der Waals surface area contributed by atoms with E-state index in [2.05, 4.69) is 90.1 Å². The molecular formula is C44H70N2Pd. The van der Waals surface area contributed by atoms with E-state index in [1.165, 1.54) is 125 Å². The maximum atomic E-state index is 5.38. The molecule has 0 saturated heterocycles. The normalized spacial score (nSPS) is 12.2. The molecule has 0 aliphatic carbocycles. The second-order valence-corrected chi connectivity index (χ2v) is 13.5. The zero-order chi connectivity index (χ0) is 33.2. The monoisotopic (exact) mass is 732 g/mol. The van der Waals surface area contributed by atoms with E-state index in [9.17, 15) is 0 Å². The Kier molecular flexibility index (Phi) is 25.8. The zero-order valence-corrected chi connectivity index (χ0v) is 32.9. The van der Waals surface area contributed by atoms with Crippen LogP contribution < -0.4 is 0 Å². The molecule has 0 spiro atoms. The number of allylic oxidation sites excluding steroid dienone is 2. The molecule has 0 amide bonds. The Morgan fingerprint density at radius 2 is 0.851 bits per heavy atom. The molecule has 0 radical (unpaired) electrons. The Morgan fingerprint density at radius 3 is 1.26 bits per heavy atom. The number of aryl methyl sites for hydroxylation is 4. The van der Waals surface area contributed by atoms with Crippen LogP contribution in [0.15, 0.2) is 58.5 Å². The van der Waals surface area contributed by atoms with Crippen LogP contribution in [-0.2, 0) is 46.1 Å². The summed E-state index contributed by atoms with van der Waals surface area (Å²) < 4.78 is 0. The van der Waals surface area contributed by atoms with Gasteiger partial charge in [0.2, 0.25) is 0 Å². The van der Waals surface area contributed by atoms with Crippen molar-refractivity contribution in [3.05, 3.63) is 70.8 Å². The first kappa shape index (κ1) is 43.2. The SMILES string of the molecule is CCCCCCCCCCC=CC(=Nc1cc(CCCC)cc(CCCC)c1)C(CC)=Nc1cc(CCCC)cc(CCCC)c1.[Pd]. The van der Waals surface area contributed by atoms with Gasteiger partial charge < -0.3 is 0 Å². The summed E-state index contributed by atoms with van der Waals surface area (Å²) in [5, 5.41) is 0. The van der Waals surface area contributed by atoms with Crippen LogP contribution in [0.2, 0.25) is 0 Å². The molecule has 2 rings (SSSR count). The smallest absolute Gasteiger partial charge is 0.0848 e.